The first-order valence-corrected chi connectivity index (χ1v) is 4.82. The molecular weight excluding hydrogens is 196 g/mol. The monoisotopic (exact) mass is 216 g/mol. The van der Waals surface area contributed by atoms with Crippen LogP contribution in [0, 0.1) is 0 Å². The van der Waals surface area contributed by atoms with E-state index in [1.807, 2.05) is 0 Å². The Hall–Kier alpha value is -1.19. The van der Waals surface area contributed by atoms with Crippen LogP contribution >= 0.6 is 0 Å². The summed E-state index contributed by atoms with van der Waals surface area (Å²) in [4.78, 5) is 11.2. The Morgan fingerprint density at radius 1 is 1.00 bits per heavy atom. The van der Waals surface area contributed by atoms with Crippen LogP contribution in [-0.4, -0.2) is 22.3 Å². The van der Waals surface area contributed by atoms with Crippen molar-refractivity contribution in [3.8, 4) is 0 Å². The zero-order valence-corrected chi connectivity index (χ0v) is 10.2. The van der Waals surface area contributed by atoms with E-state index >= 15 is 0 Å². The van der Waals surface area contributed by atoms with Crippen LogP contribution in [0.3, 0.4) is 0 Å². The normalized spacial score (nSPS) is 13.6. The number of rotatable bonds is 2. The third-order valence-corrected chi connectivity index (χ3v) is 1.06. The van der Waals surface area contributed by atoms with Crippen molar-refractivity contribution in [3.63, 3.8) is 0 Å². The predicted octanol–water partition coefficient (Wildman–Crippen LogP) is 2.54. The van der Waals surface area contributed by atoms with E-state index in [4.69, 9.17) is 9.47 Å². The number of esters is 1. The Bertz CT molecular complexity index is 253. The van der Waals surface area contributed by atoms with Gasteiger partial charge in [-0.2, -0.15) is 0 Å². The molecule has 0 fully saturated rings. The van der Waals surface area contributed by atoms with Crippen molar-refractivity contribution < 1.29 is 19.4 Å². The van der Waals surface area contributed by atoms with Crippen LogP contribution < -0.4 is 0 Å². The van der Waals surface area contributed by atoms with Crippen molar-refractivity contribution in [2.24, 2.45) is 0 Å². The zero-order valence-electron chi connectivity index (χ0n) is 10.2. The number of carbonyl (C=O) groups is 1. The van der Waals surface area contributed by atoms with Gasteiger partial charge in [0.15, 0.2) is 0 Å². The molecule has 0 aromatic carbocycles. The largest absolute Gasteiger partial charge is 0.481 e. The summed E-state index contributed by atoms with van der Waals surface area (Å²) in [5.74, 6) is -1.05. The van der Waals surface area contributed by atoms with Gasteiger partial charge in [0, 0.05) is 0 Å². The highest BCUT2D eigenvalue weighted by molar-refractivity contribution is 5.82. The molecule has 0 spiro atoms. The number of hydrogen-bond donors (Lipinski definition) is 1. The van der Waals surface area contributed by atoms with Crippen LogP contribution in [0.4, 0.5) is 0 Å². The Balaban J connectivity index is 4.31. The van der Waals surface area contributed by atoms with Gasteiger partial charge in [-0.1, -0.05) is 0 Å². The maximum Gasteiger partial charge on any atom is 0.338 e. The molecule has 0 heterocycles. The van der Waals surface area contributed by atoms with E-state index in [-0.39, 0.29) is 0 Å². The first-order valence-electron chi connectivity index (χ1n) is 4.82. The smallest absolute Gasteiger partial charge is 0.338 e. The van der Waals surface area contributed by atoms with E-state index in [1.54, 1.807) is 41.5 Å². The fraction of sp³-hybridized carbons (Fsp3) is 0.727. The van der Waals surface area contributed by atoms with E-state index < -0.39 is 23.1 Å². The summed E-state index contributed by atoms with van der Waals surface area (Å²) in [5.41, 5.74) is -1.11. The van der Waals surface area contributed by atoms with E-state index in [0.29, 0.717) is 0 Å². The predicted molar refractivity (Wildman–Crippen MR) is 57.4 cm³/mol. The molecule has 4 nitrogen and oxygen atoms in total. The molecule has 15 heavy (non-hydrogen) atoms. The third-order valence-electron chi connectivity index (χ3n) is 1.06. The van der Waals surface area contributed by atoms with E-state index in [2.05, 4.69) is 0 Å². The minimum atomic E-state index is -0.621. The molecule has 0 rings (SSSR count). The highest BCUT2D eigenvalue weighted by Gasteiger charge is 2.18. The molecule has 0 radical (unpaired) electrons. The van der Waals surface area contributed by atoms with Gasteiger partial charge >= 0.3 is 5.97 Å². The quantitative estimate of drug-likeness (QED) is 0.438. The summed E-state index contributed by atoms with van der Waals surface area (Å²) in [5, 5.41) is 9.29. The molecular formula is C11H20O4. The van der Waals surface area contributed by atoms with Gasteiger partial charge < -0.3 is 14.6 Å². The topological polar surface area (TPSA) is 55.8 Å². The minimum Gasteiger partial charge on any atom is -0.481 e. The third kappa shape index (κ3) is 9.12. The van der Waals surface area contributed by atoms with Gasteiger partial charge in [0.2, 0.25) is 0 Å². The molecule has 0 aliphatic heterocycles. The van der Waals surface area contributed by atoms with Crippen LogP contribution in [0.2, 0.25) is 0 Å². The van der Waals surface area contributed by atoms with Crippen LogP contribution in [0.15, 0.2) is 12.0 Å². The minimum absolute atomic E-state index is 0.434. The van der Waals surface area contributed by atoms with Crippen LogP contribution in [0.25, 0.3) is 0 Å². The summed E-state index contributed by atoms with van der Waals surface area (Å²) in [6.07, 6.45) is 0.927. The number of aliphatic hydroxyl groups is 1. The highest BCUT2D eigenvalue weighted by atomic mass is 16.6. The molecule has 0 bridgehead atoms. The number of aliphatic hydroxyl groups excluding tert-OH is 1. The summed E-state index contributed by atoms with van der Waals surface area (Å²) < 4.78 is 10.0. The van der Waals surface area contributed by atoms with Crippen LogP contribution in [-0.2, 0) is 14.3 Å². The molecule has 0 saturated heterocycles. The number of carbonyl (C=O) groups excluding carboxylic acids is 1. The molecule has 0 saturated carbocycles. The molecule has 4 heteroatoms. The van der Waals surface area contributed by atoms with Crippen molar-refractivity contribution in [2.75, 3.05) is 0 Å². The van der Waals surface area contributed by atoms with Gasteiger partial charge in [-0.15, -0.1) is 0 Å². The van der Waals surface area contributed by atoms with Crippen LogP contribution in [0.5, 0.6) is 0 Å². The van der Waals surface area contributed by atoms with Gasteiger partial charge in [0.25, 0.3) is 5.95 Å². The van der Waals surface area contributed by atoms with Gasteiger partial charge in [0.1, 0.15) is 17.3 Å². The van der Waals surface area contributed by atoms with Crippen LogP contribution in [0.1, 0.15) is 41.5 Å². The van der Waals surface area contributed by atoms with Gasteiger partial charge in [-0.05, 0) is 41.5 Å². The first-order chi connectivity index (χ1) is 6.49. The lowest BCUT2D eigenvalue weighted by Crippen LogP contribution is -2.24. The summed E-state index contributed by atoms with van der Waals surface area (Å²) in [6, 6.07) is 0. The molecule has 0 aliphatic rings. The molecule has 0 atom stereocenters. The molecule has 88 valence electrons. The Labute approximate surface area is 90.9 Å². The maximum atomic E-state index is 11.2. The summed E-state index contributed by atoms with van der Waals surface area (Å²) in [7, 11) is 0. The molecule has 0 aliphatic carbocycles. The fourth-order valence-corrected chi connectivity index (χ4v) is 0.775. The van der Waals surface area contributed by atoms with Crippen molar-refractivity contribution in [2.45, 2.75) is 52.7 Å². The number of hydrogen-bond acceptors (Lipinski definition) is 4. The SMILES string of the molecule is CC(C)(C)OC(=O)/C=C(/O)OC(C)(C)C. The molecule has 0 unspecified atom stereocenters. The van der Waals surface area contributed by atoms with Gasteiger partial charge in [-0.3, -0.25) is 0 Å². The second-order valence-corrected chi connectivity index (χ2v) is 5.23. The molecule has 0 aromatic heterocycles. The number of ether oxygens (including phenoxy) is 2. The Kier molecular flexibility index (Phi) is 4.19. The first kappa shape index (κ1) is 13.8. The van der Waals surface area contributed by atoms with Crippen molar-refractivity contribution in [1.29, 1.82) is 0 Å². The fourth-order valence-electron chi connectivity index (χ4n) is 0.775. The summed E-state index contributed by atoms with van der Waals surface area (Å²) >= 11 is 0. The summed E-state index contributed by atoms with van der Waals surface area (Å²) in [6.45, 7) is 10.6. The van der Waals surface area contributed by atoms with Crippen molar-refractivity contribution in [3.05, 3.63) is 12.0 Å². The van der Waals surface area contributed by atoms with Crippen molar-refractivity contribution in [1.82, 2.24) is 0 Å². The maximum absolute atomic E-state index is 11.2. The van der Waals surface area contributed by atoms with E-state index in [0.717, 1.165) is 6.08 Å². The molecule has 0 amide bonds. The Morgan fingerprint density at radius 3 is 1.73 bits per heavy atom. The van der Waals surface area contributed by atoms with E-state index in [9.17, 15) is 9.90 Å². The lowest BCUT2D eigenvalue weighted by Gasteiger charge is -2.21. The average Bonchev–Trinajstić information content (AvgIpc) is 1.73. The lowest BCUT2D eigenvalue weighted by molar-refractivity contribution is -0.149. The van der Waals surface area contributed by atoms with Gasteiger partial charge in [-0.25, -0.2) is 4.79 Å². The molecule has 1 N–H and O–H groups in total. The average molecular weight is 216 g/mol. The standard InChI is InChI=1S/C11H20O4/c1-10(2,3)14-8(12)7-9(13)15-11(4,5)6/h7,12H,1-6H3/b8-7-. The van der Waals surface area contributed by atoms with Crippen molar-refractivity contribution >= 4 is 5.97 Å². The van der Waals surface area contributed by atoms with E-state index in [1.165, 1.54) is 0 Å². The Morgan fingerprint density at radius 2 is 1.40 bits per heavy atom. The zero-order chi connectivity index (χ0) is 12.3. The lowest BCUT2D eigenvalue weighted by atomic mass is 10.2. The van der Waals surface area contributed by atoms with Gasteiger partial charge in [0.05, 0.1) is 0 Å². The second-order valence-electron chi connectivity index (χ2n) is 5.23. The highest BCUT2D eigenvalue weighted by Crippen LogP contribution is 2.13. The second kappa shape index (κ2) is 4.55. The molecule has 0 aromatic rings.